The second kappa shape index (κ2) is 8.72. The van der Waals surface area contributed by atoms with E-state index in [1.54, 1.807) is 24.3 Å². The maximum absolute atomic E-state index is 12.1. The van der Waals surface area contributed by atoms with Gasteiger partial charge in [0, 0.05) is 5.56 Å². The van der Waals surface area contributed by atoms with E-state index in [4.69, 9.17) is 4.74 Å². The first kappa shape index (κ1) is 17.5. The molecule has 0 spiro atoms. The van der Waals surface area contributed by atoms with E-state index >= 15 is 0 Å². The highest BCUT2D eigenvalue weighted by Gasteiger charge is 2.11. The van der Waals surface area contributed by atoms with Gasteiger partial charge in [-0.2, -0.15) is 0 Å². The highest BCUT2D eigenvalue weighted by atomic mass is 16.5. The molecule has 0 fully saturated rings. The quantitative estimate of drug-likeness (QED) is 0.821. The Morgan fingerprint density at radius 1 is 1.04 bits per heavy atom. The predicted molar refractivity (Wildman–Crippen MR) is 94.4 cm³/mol. The van der Waals surface area contributed by atoms with Crippen molar-refractivity contribution < 1.29 is 14.3 Å². The van der Waals surface area contributed by atoms with Crippen LogP contribution in [-0.4, -0.2) is 25.0 Å². The molecule has 5 heteroatoms. The lowest BCUT2D eigenvalue weighted by Gasteiger charge is -2.12. The number of anilines is 1. The summed E-state index contributed by atoms with van der Waals surface area (Å²) in [5.74, 6) is 0.0566. The van der Waals surface area contributed by atoms with E-state index in [0.29, 0.717) is 23.6 Å². The van der Waals surface area contributed by atoms with E-state index in [1.807, 2.05) is 38.1 Å². The predicted octanol–water partition coefficient (Wildman–Crippen LogP) is 3.15. The van der Waals surface area contributed by atoms with Crippen LogP contribution >= 0.6 is 0 Å². The van der Waals surface area contributed by atoms with Crippen molar-refractivity contribution in [3.05, 3.63) is 59.7 Å². The van der Waals surface area contributed by atoms with Crippen LogP contribution in [0, 0.1) is 6.92 Å². The molecule has 2 N–H and O–H groups in total. The average molecular weight is 326 g/mol. The van der Waals surface area contributed by atoms with Crippen LogP contribution in [0.3, 0.4) is 0 Å². The first-order valence-corrected chi connectivity index (χ1v) is 7.97. The van der Waals surface area contributed by atoms with Gasteiger partial charge in [-0.15, -0.1) is 0 Å². The van der Waals surface area contributed by atoms with Crippen molar-refractivity contribution >= 4 is 17.5 Å². The van der Waals surface area contributed by atoms with Gasteiger partial charge < -0.3 is 15.4 Å². The van der Waals surface area contributed by atoms with Crippen LogP contribution in [-0.2, 0) is 4.79 Å². The molecule has 0 atom stereocenters. The molecule has 0 bridgehead atoms. The third-order valence-corrected chi connectivity index (χ3v) is 3.42. The van der Waals surface area contributed by atoms with E-state index in [0.717, 1.165) is 12.0 Å². The summed E-state index contributed by atoms with van der Waals surface area (Å²) in [7, 11) is 0. The van der Waals surface area contributed by atoms with E-state index in [-0.39, 0.29) is 18.4 Å². The molecule has 0 aliphatic rings. The van der Waals surface area contributed by atoms with Crippen molar-refractivity contribution in [2.75, 3.05) is 18.5 Å². The van der Waals surface area contributed by atoms with Crippen molar-refractivity contribution in [2.24, 2.45) is 0 Å². The number of hydrogen-bond acceptors (Lipinski definition) is 3. The van der Waals surface area contributed by atoms with Crippen LogP contribution in [0.4, 0.5) is 5.69 Å². The van der Waals surface area contributed by atoms with Crippen LogP contribution in [0.15, 0.2) is 48.5 Å². The zero-order valence-electron chi connectivity index (χ0n) is 14.0. The van der Waals surface area contributed by atoms with Crippen molar-refractivity contribution in [2.45, 2.75) is 20.3 Å². The second-order valence-electron chi connectivity index (χ2n) is 5.39. The minimum absolute atomic E-state index is 0.102. The first-order chi connectivity index (χ1) is 11.6. The zero-order valence-corrected chi connectivity index (χ0v) is 14.0. The highest BCUT2D eigenvalue weighted by Crippen LogP contribution is 2.23. The van der Waals surface area contributed by atoms with Gasteiger partial charge in [0.05, 0.1) is 18.8 Å². The number of para-hydroxylation sites is 2. The van der Waals surface area contributed by atoms with E-state index < -0.39 is 0 Å². The van der Waals surface area contributed by atoms with Crippen molar-refractivity contribution in [1.82, 2.24) is 5.32 Å². The summed E-state index contributed by atoms with van der Waals surface area (Å²) >= 11 is 0. The summed E-state index contributed by atoms with van der Waals surface area (Å²) in [6.45, 7) is 4.35. The molecule has 2 aromatic rings. The fourth-order valence-corrected chi connectivity index (χ4v) is 2.19. The highest BCUT2D eigenvalue weighted by molar-refractivity contribution is 6.00. The van der Waals surface area contributed by atoms with Crippen LogP contribution < -0.4 is 15.4 Å². The number of carbonyl (C=O) groups is 2. The minimum Gasteiger partial charge on any atom is -0.491 e. The Morgan fingerprint density at radius 2 is 1.75 bits per heavy atom. The summed E-state index contributed by atoms with van der Waals surface area (Å²) in [5.41, 5.74) is 2.03. The van der Waals surface area contributed by atoms with Gasteiger partial charge in [0.15, 0.2) is 0 Å². The zero-order chi connectivity index (χ0) is 17.4. The lowest BCUT2D eigenvalue weighted by atomic mass is 10.1. The van der Waals surface area contributed by atoms with E-state index in [1.165, 1.54) is 0 Å². The summed E-state index contributed by atoms with van der Waals surface area (Å²) in [5, 5.41) is 5.39. The molecule has 24 heavy (non-hydrogen) atoms. The molecule has 0 aliphatic heterocycles. The Labute approximate surface area is 142 Å². The van der Waals surface area contributed by atoms with Crippen LogP contribution in [0.5, 0.6) is 5.75 Å². The molecular weight excluding hydrogens is 304 g/mol. The summed E-state index contributed by atoms with van der Waals surface area (Å²) in [6.07, 6.45) is 0.884. The van der Waals surface area contributed by atoms with Crippen molar-refractivity contribution in [3.63, 3.8) is 0 Å². The second-order valence-corrected chi connectivity index (χ2v) is 5.39. The summed E-state index contributed by atoms with van der Waals surface area (Å²) in [4.78, 5) is 24.2. The third kappa shape index (κ3) is 4.84. The molecule has 2 rings (SSSR count). The maximum Gasteiger partial charge on any atom is 0.251 e. The van der Waals surface area contributed by atoms with Crippen LogP contribution in [0.1, 0.15) is 29.3 Å². The Morgan fingerprint density at radius 3 is 2.50 bits per heavy atom. The maximum atomic E-state index is 12.1. The van der Waals surface area contributed by atoms with Gasteiger partial charge in [0.25, 0.3) is 5.91 Å². The summed E-state index contributed by atoms with van der Waals surface area (Å²) < 4.78 is 5.60. The topological polar surface area (TPSA) is 67.4 Å². The van der Waals surface area contributed by atoms with Crippen molar-refractivity contribution in [1.29, 1.82) is 0 Å². The van der Waals surface area contributed by atoms with Gasteiger partial charge in [-0.25, -0.2) is 0 Å². The Hall–Kier alpha value is -2.82. The van der Waals surface area contributed by atoms with Crippen LogP contribution in [0.25, 0.3) is 0 Å². The van der Waals surface area contributed by atoms with Gasteiger partial charge in [-0.05, 0) is 37.1 Å². The molecule has 126 valence electrons. The van der Waals surface area contributed by atoms with Crippen LogP contribution in [0.2, 0.25) is 0 Å². The number of carbonyl (C=O) groups excluding carboxylic acids is 2. The lowest BCUT2D eigenvalue weighted by Crippen LogP contribution is -2.33. The fourth-order valence-electron chi connectivity index (χ4n) is 2.19. The molecule has 0 saturated heterocycles. The SMILES string of the molecule is CCCOc1ccccc1NC(=O)CNC(=O)c1ccccc1C. The number of hydrogen-bond donors (Lipinski definition) is 2. The van der Waals surface area contributed by atoms with Gasteiger partial charge in [0.2, 0.25) is 5.91 Å². The number of benzene rings is 2. The van der Waals surface area contributed by atoms with Gasteiger partial charge >= 0.3 is 0 Å². The number of ether oxygens (including phenoxy) is 1. The molecular formula is C19H22N2O3. The largest absolute Gasteiger partial charge is 0.491 e. The standard InChI is InChI=1S/C19H22N2O3/c1-3-12-24-17-11-7-6-10-16(17)21-18(22)13-20-19(23)15-9-5-4-8-14(15)2/h4-11H,3,12-13H2,1-2H3,(H,20,23)(H,21,22). The third-order valence-electron chi connectivity index (χ3n) is 3.42. The molecule has 0 heterocycles. The number of rotatable bonds is 7. The molecule has 2 aromatic carbocycles. The smallest absolute Gasteiger partial charge is 0.251 e. The molecule has 5 nitrogen and oxygen atoms in total. The number of nitrogens with one attached hydrogen (secondary N) is 2. The minimum atomic E-state index is -0.301. The molecule has 0 radical (unpaired) electrons. The molecule has 0 aromatic heterocycles. The number of amides is 2. The van der Waals surface area contributed by atoms with Crippen molar-refractivity contribution in [3.8, 4) is 5.75 Å². The molecule has 2 amide bonds. The first-order valence-electron chi connectivity index (χ1n) is 7.97. The number of aryl methyl sites for hydroxylation is 1. The molecule has 0 saturated carbocycles. The van der Waals surface area contributed by atoms with E-state index in [9.17, 15) is 9.59 Å². The lowest BCUT2D eigenvalue weighted by molar-refractivity contribution is -0.115. The molecule has 0 unspecified atom stereocenters. The fraction of sp³-hybridized carbons (Fsp3) is 0.263. The monoisotopic (exact) mass is 326 g/mol. The normalized spacial score (nSPS) is 10.1. The Kier molecular flexibility index (Phi) is 6.37. The average Bonchev–Trinajstić information content (AvgIpc) is 2.59. The van der Waals surface area contributed by atoms with Gasteiger partial charge in [-0.3, -0.25) is 9.59 Å². The van der Waals surface area contributed by atoms with Gasteiger partial charge in [0.1, 0.15) is 5.75 Å². The Bertz CT molecular complexity index is 713. The van der Waals surface area contributed by atoms with Gasteiger partial charge in [-0.1, -0.05) is 37.3 Å². The molecule has 0 aliphatic carbocycles. The Balaban J connectivity index is 1.92. The summed E-state index contributed by atoms with van der Waals surface area (Å²) in [6, 6.07) is 14.5. The van der Waals surface area contributed by atoms with E-state index in [2.05, 4.69) is 10.6 Å².